The molecule has 1 aliphatic rings. The van der Waals surface area contributed by atoms with Crippen molar-refractivity contribution in [2.24, 2.45) is 0 Å². The molecule has 0 saturated carbocycles. The van der Waals surface area contributed by atoms with Crippen LogP contribution in [-0.4, -0.2) is 34.9 Å². The Bertz CT molecular complexity index is 147. The average Bonchev–Trinajstić information content (AvgIpc) is 2.11. The molecule has 1 amide bonds. The average molecular weight is 144 g/mol. The van der Waals surface area contributed by atoms with Gasteiger partial charge >= 0.3 is 0 Å². The van der Waals surface area contributed by atoms with Crippen LogP contribution in [0, 0.1) is 0 Å². The summed E-state index contributed by atoms with van der Waals surface area (Å²) in [4.78, 5) is 12.3. The summed E-state index contributed by atoms with van der Waals surface area (Å²) in [5.74, 6) is -0.0394. The van der Waals surface area contributed by atoms with Crippen molar-refractivity contribution in [3.05, 3.63) is 0 Å². The van der Waals surface area contributed by atoms with Crippen LogP contribution >= 0.6 is 0 Å². The van der Waals surface area contributed by atoms with Crippen molar-refractivity contribution in [2.45, 2.75) is 26.2 Å². The van der Waals surface area contributed by atoms with Gasteiger partial charge in [-0.2, -0.15) is 0 Å². The number of aliphatic hydroxyl groups is 1. The van der Waals surface area contributed by atoms with Gasteiger partial charge in [-0.1, -0.05) is 0 Å². The molecule has 0 spiro atoms. The Morgan fingerprint density at radius 3 is 2.60 bits per heavy atom. The predicted molar refractivity (Wildman–Crippen MR) is 36.0 cm³/mol. The number of amides is 1. The van der Waals surface area contributed by atoms with Gasteiger partial charge in [0.15, 0.2) is 6.35 Å². The molecule has 2 N–H and O–H groups in total. The molecule has 0 aromatic carbocycles. The highest BCUT2D eigenvalue weighted by atomic mass is 16.3. The molecule has 4 nitrogen and oxygen atoms in total. The van der Waals surface area contributed by atoms with Crippen molar-refractivity contribution in [1.29, 1.82) is 0 Å². The number of rotatable bonds is 1. The molecule has 1 atom stereocenters. The lowest BCUT2D eigenvalue weighted by Crippen LogP contribution is -2.41. The third-order valence-electron chi connectivity index (χ3n) is 1.54. The monoisotopic (exact) mass is 144 g/mol. The summed E-state index contributed by atoms with van der Waals surface area (Å²) in [5.41, 5.74) is 0. The fourth-order valence-corrected chi connectivity index (χ4v) is 1.08. The maximum absolute atomic E-state index is 10.9. The van der Waals surface area contributed by atoms with Crippen LogP contribution in [0.5, 0.6) is 0 Å². The summed E-state index contributed by atoms with van der Waals surface area (Å²) < 4.78 is 0. The van der Waals surface area contributed by atoms with E-state index in [-0.39, 0.29) is 18.5 Å². The fraction of sp³-hybridized carbons (Fsp3) is 0.833. The molecular formula is C6H12N2O2. The standard InChI is InChI=1S/C6H12N2O2/c1-4(2)8-5(9)3-7-6(8)10/h4,6-7,10H,3H2,1-2H3. The SMILES string of the molecule is CC(C)N1C(=O)CNC1O. The van der Waals surface area contributed by atoms with Gasteiger partial charge in [-0.3, -0.25) is 10.1 Å². The minimum absolute atomic E-state index is 0.0394. The lowest BCUT2D eigenvalue weighted by molar-refractivity contribution is -0.135. The van der Waals surface area contributed by atoms with Crippen molar-refractivity contribution in [1.82, 2.24) is 10.2 Å². The molecule has 0 aliphatic carbocycles. The first kappa shape index (κ1) is 7.50. The lowest BCUT2D eigenvalue weighted by Gasteiger charge is -2.23. The molecule has 1 heterocycles. The number of hydrogen-bond donors (Lipinski definition) is 2. The normalized spacial score (nSPS) is 26.6. The molecule has 1 aliphatic heterocycles. The molecule has 1 saturated heterocycles. The molecule has 58 valence electrons. The molecule has 4 heteroatoms. The number of hydrogen-bond acceptors (Lipinski definition) is 3. The van der Waals surface area contributed by atoms with Gasteiger partial charge < -0.3 is 10.0 Å². The van der Waals surface area contributed by atoms with Crippen LogP contribution in [0.2, 0.25) is 0 Å². The van der Waals surface area contributed by atoms with Gasteiger partial charge in [0.25, 0.3) is 0 Å². The van der Waals surface area contributed by atoms with Crippen LogP contribution in [0.3, 0.4) is 0 Å². The van der Waals surface area contributed by atoms with E-state index in [0.29, 0.717) is 0 Å². The second kappa shape index (κ2) is 2.56. The highest BCUT2D eigenvalue weighted by Crippen LogP contribution is 2.06. The predicted octanol–water partition coefficient (Wildman–Crippen LogP) is -0.898. The summed E-state index contributed by atoms with van der Waals surface area (Å²) in [6, 6.07) is 0.0671. The molecule has 1 unspecified atom stereocenters. The molecule has 10 heavy (non-hydrogen) atoms. The van der Waals surface area contributed by atoms with Gasteiger partial charge in [0.1, 0.15) is 0 Å². The second-order valence-electron chi connectivity index (χ2n) is 2.65. The fourth-order valence-electron chi connectivity index (χ4n) is 1.08. The zero-order chi connectivity index (χ0) is 7.72. The van der Waals surface area contributed by atoms with E-state index < -0.39 is 6.35 Å². The van der Waals surface area contributed by atoms with Crippen molar-refractivity contribution in [3.8, 4) is 0 Å². The number of carbonyl (C=O) groups is 1. The molecule has 0 aromatic heterocycles. The first-order valence-corrected chi connectivity index (χ1v) is 3.35. The van der Waals surface area contributed by atoms with E-state index in [1.165, 1.54) is 4.90 Å². The maximum atomic E-state index is 10.9. The first-order valence-electron chi connectivity index (χ1n) is 3.35. The topological polar surface area (TPSA) is 52.6 Å². The van der Waals surface area contributed by atoms with E-state index >= 15 is 0 Å². The Hall–Kier alpha value is -0.610. The van der Waals surface area contributed by atoms with Crippen LogP contribution in [0.4, 0.5) is 0 Å². The van der Waals surface area contributed by atoms with Crippen LogP contribution in [0.15, 0.2) is 0 Å². The van der Waals surface area contributed by atoms with E-state index in [2.05, 4.69) is 5.32 Å². The van der Waals surface area contributed by atoms with Crippen molar-refractivity contribution in [2.75, 3.05) is 6.54 Å². The number of nitrogens with one attached hydrogen (secondary N) is 1. The third-order valence-corrected chi connectivity index (χ3v) is 1.54. The van der Waals surface area contributed by atoms with Crippen LogP contribution in [0.1, 0.15) is 13.8 Å². The zero-order valence-corrected chi connectivity index (χ0v) is 6.16. The summed E-state index contributed by atoms with van der Waals surface area (Å²) in [7, 11) is 0. The highest BCUT2D eigenvalue weighted by molar-refractivity contribution is 5.80. The van der Waals surface area contributed by atoms with E-state index in [9.17, 15) is 4.79 Å². The third kappa shape index (κ3) is 1.12. The van der Waals surface area contributed by atoms with Gasteiger partial charge in [0.05, 0.1) is 6.54 Å². The quantitative estimate of drug-likeness (QED) is 0.501. The molecular weight excluding hydrogens is 132 g/mol. The van der Waals surface area contributed by atoms with Gasteiger partial charge in [-0.15, -0.1) is 0 Å². The highest BCUT2D eigenvalue weighted by Gasteiger charge is 2.30. The lowest BCUT2D eigenvalue weighted by atomic mass is 10.3. The Labute approximate surface area is 59.8 Å². The van der Waals surface area contributed by atoms with Crippen molar-refractivity contribution < 1.29 is 9.90 Å². The van der Waals surface area contributed by atoms with E-state index in [0.717, 1.165) is 0 Å². The maximum Gasteiger partial charge on any atom is 0.239 e. The number of aliphatic hydroxyl groups excluding tert-OH is 1. The van der Waals surface area contributed by atoms with Crippen molar-refractivity contribution in [3.63, 3.8) is 0 Å². The van der Waals surface area contributed by atoms with Gasteiger partial charge in [0.2, 0.25) is 5.91 Å². The Morgan fingerprint density at radius 1 is 1.80 bits per heavy atom. The summed E-state index contributed by atoms with van der Waals surface area (Å²) in [6.07, 6.45) is -0.785. The summed E-state index contributed by atoms with van der Waals surface area (Å²) >= 11 is 0. The largest absolute Gasteiger partial charge is 0.361 e. The number of nitrogens with zero attached hydrogens (tertiary/aromatic N) is 1. The van der Waals surface area contributed by atoms with E-state index in [4.69, 9.17) is 5.11 Å². The second-order valence-corrected chi connectivity index (χ2v) is 2.65. The Morgan fingerprint density at radius 2 is 2.40 bits per heavy atom. The zero-order valence-electron chi connectivity index (χ0n) is 6.16. The molecule has 0 radical (unpaired) electrons. The smallest absolute Gasteiger partial charge is 0.239 e. The first-order chi connectivity index (χ1) is 4.63. The van der Waals surface area contributed by atoms with E-state index in [1.807, 2.05) is 13.8 Å². The Balaban J connectivity index is 2.63. The number of carbonyl (C=O) groups excluding carboxylic acids is 1. The summed E-state index contributed by atoms with van der Waals surface area (Å²) in [6.45, 7) is 3.99. The Kier molecular flexibility index (Phi) is 1.92. The summed E-state index contributed by atoms with van der Waals surface area (Å²) in [5, 5.41) is 11.8. The van der Waals surface area contributed by atoms with Gasteiger partial charge in [-0.25, -0.2) is 0 Å². The molecule has 0 bridgehead atoms. The molecule has 1 rings (SSSR count). The van der Waals surface area contributed by atoms with Crippen molar-refractivity contribution >= 4 is 5.91 Å². The van der Waals surface area contributed by atoms with Crippen LogP contribution in [0.25, 0.3) is 0 Å². The minimum atomic E-state index is -0.785. The van der Waals surface area contributed by atoms with E-state index in [1.54, 1.807) is 0 Å². The van der Waals surface area contributed by atoms with Gasteiger partial charge in [0, 0.05) is 6.04 Å². The minimum Gasteiger partial charge on any atom is -0.361 e. The molecule has 1 fully saturated rings. The van der Waals surface area contributed by atoms with Crippen LogP contribution < -0.4 is 5.32 Å². The van der Waals surface area contributed by atoms with Gasteiger partial charge in [-0.05, 0) is 13.8 Å². The molecule has 0 aromatic rings. The van der Waals surface area contributed by atoms with Crippen LogP contribution in [-0.2, 0) is 4.79 Å².